The highest BCUT2D eigenvalue weighted by Crippen LogP contribution is 2.18. The molecule has 0 aliphatic carbocycles. The predicted molar refractivity (Wildman–Crippen MR) is 99.6 cm³/mol. The van der Waals surface area contributed by atoms with E-state index in [1.807, 2.05) is 42.5 Å². The molecule has 0 saturated carbocycles. The monoisotopic (exact) mass is 419 g/mol. The van der Waals surface area contributed by atoms with E-state index in [0.717, 1.165) is 14.8 Å². The van der Waals surface area contributed by atoms with Gasteiger partial charge in [0, 0.05) is 5.69 Å². The number of rotatable bonds is 5. The van der Waals surface area contributed by atoms with E-state index in [0.29, 0.717) is 5.76 Å². The smallest absolute Gasteiger partial charge is 0.259 e. The number of furan rings is 1. The van der Waals surface area contributed by atoms with Gasteiger partial charge in [-0.25, -0.2) is 5.43 Å². The van der Waals surface area contributed by atoms with Gasteiger partial charge >= 0.3 is 0 Å². The molecule has 3 aromatic rings. The Balaban J connectivity index is 1.52. The number of fused-ring (bicyclic) bond motifs is 1. The fraction of sp³-hybridized carbons (Fsp3) is 0.0588. The Morgan fingerprint density at radius 3 is 2.74 bits per heavy atom. The molecule has 0 radical (unpaired) electrons. The zero-order valence-electron chi connectivity index (χ0n) is 12.1. The Bertz CT molecular complexity index is 858. The van der Waals surface area contributed by atoms with E-state index in [1.165, 1.54) is 11.6 Å². The van der Waals surface area contributed by atoms with Crippen LogP contribution in [0.25, 0.3) is 10.8 Å². The van der Waals surface area contributed by atoms with Crippen LogP contribution in [0.5, 0.6) is 0 Å². The molecule has 3 rings (SSSR count). The molecular weight excluding hydrogens is 405 g/mol. The van der Waals surface area contributed by atoms with Crippen molar-refractivity contribution in [3.63, 3.8) is 0 Å². The molecular formula is C17H14IN3O2. The van der Waals surface area contributed by atoms with E-state index in [-0.39, 0.29) is 12.5 Å². The van der Waals surface area contributed by atoms with Crippen LogP contribution in [0.4, 0.5) is 5.69 Å². The average Bonchev–Trinajstić information content (AvgIpc) is 2.98. The third-order valence-corrected chi connectivity index (χ3v) is 3.76. The number of halogens is 1. The Kier molecular flexibility index (Phi) is 4.92. The number of benzene rings is 2. The molecule has 0 unspecified atom stereocenters. The van der Waals surface area contributed by atoms with Crippen molar-refractivity contribution in [2.45, 2.75) is 0 Å². The number of hydrogen-bond acceptors (Lipinski definition) is 4. The minimum atomic E-state index is -0.226. The third-order valence-electron chi connectivity index (χ3n) is 3.18. The molecule has 0 spiro atoms. The number of amides is 1. The summed E-state index contributed by atoms with van der Waals surface area (Å²) in [5, 5.41) is 9.23. The average molecular weight is 419 g/mol. The van der Waals surface area contributed by atoms with Gasteiger partial charge in [-0.1, -0.05) is 30.3 Å². The molecule has 116 valence electrons. The molecule has 1 heterocycles. The quantitative estimate of drug-likeness (QED) is 0.378. The lowest BCUT2D eigenvalue weighted by Crippen LogP contribution is -2.25. The van der Waals surface area contributed by atoms with Crippen LogP contribution in [0.2, 0.25) is 0 Å². The largest absolute Gasteiger partial charge is 0.449 e. The van der Waals surface area contributed by atoms with E-state index in [2.05, 4.69) is 44.5 Å². The molecule has 0 fully saturated rings. The standard InChI is InChI=1S/C17H14IN3O2/c18-16-8-7-15(23-16)10-20-21-17(22)11-19-14-6-5-12-3-1-2-4-13(12)9-14/h1-10,19H,11H2,(H,21,22)/b20-10-. The second kappa shape index (κ2) is 7.28. The van der Waals surface area contributed by atoms with Crippen molar-refractivity contribution in [1.29, 1.82) is 0 Å². The first kappa shape index (κ1) is 15.5. The van der Waals surface area contributed by atoms with Crippen molar-refractivity contribution in [3.8, 4) is 0 Å². The SMILES string of the molecule is O=C(CNc1ccc2ccccc2c1)N/N=C\c1ccc(I)o1. The highest BCUT2D eigenvalue weighted by Gasteiger charge is 2.01. The molecule has 0 bridgehead atoms. The molecule has 23 heavy (non-hydrogen) atoms. The van der Waals surface area contributed by atoms with Crippen LogP contribution in [0.1, 0.15) is 5.76 Å². The minimum absolute atomic E-state index is 0.144. The van der Waals surface area contributed by atoms with Crippen molar-refractivity contribution in [1.82, 2.24) is 5.43 Å². The van der Waals surface area contributed by atoms with E-state index in [1.54, 1.807) is 6.07 Å². The van der Waals surface area contributed by atoms with Gasteiger partial charge in [-0.15, -0.1) is 0 Å². The van der Waals surface area contributed by atoms with Crippen molar-refractivity contribution < 1.29 is 9.21 Å². The lowest BCUT2D eigenvalue weighted by Gasteiger charge is -2.06. The molecule has 1 amide bonds. The zero-order valence-corrected chi connectivity index (χ0v) is 14.3. The molecule has 2 aromatic carbocycles. The van der Waals surface area contributed by atoms with Crippen LogP contribution in [0.3, 0.4) is 0 Å². The van der Waals surface area contributed by atoms with E-state index in [4.69, 9.17) is 4.42 Å². The summed E-state index contributed by atoms with van der Waals surface area (Å²) in [6.07, 6.45) is 1.47. The Hall–Kier alpha value is -2.35. The maximum absolute atomic E-state index is 11.8. The Morgan fingerprint density at radius 1 is 1.13 bits per heavy atom. The normalized spacial score (nSPS) is 11.0. The Morgan fingerprint density at radius 2 is 1.96 bits per heavy atom. The summed E-state index contributed by atoms with van der Waals surface area (Å²) in [5.74, 6) is 0.368. The number of carbonyl (C=O) groups is 1. The summed E-state index contributed by atoms with van der Waals surface area (Å²) >= 11 is 2.07. The molecule has 2 N–H and O–H groups in total. The molecule has 5 nitrogen and oxygen atoms in total. The van der Waals surface area contributed by atoms with Gasteiger partial charge in [0.15, 0.2) is 3.77 Å². The van der Waals surface area contributed by atoms with Crippen LogP contribution < -0.4 is 10.7 Å². The number of hydrogen-bond donors (Lipinski definition) is 2. The Labute approximate surface area is 146 Å². The highest BCUT2D eigenvalue weighted by molar-refractivity contribution is 14.1. The maximum Gasteiger partial charge on any atom is 0.259 e. The minimum Gasteiger partial charge on any atom is -0.449 e. The lowest BCUT2D eigenvalue weighted by molar-refractivity contribution is -0.119. The summed E-state index contributed by atoms with van der Waals surface area (Å²) in [6, 6.07) is 17.7. The van der Waals surface area contributed by atoms with Crippen molar-refractivity contribution >= 4 is 51.2 Å². The zero-order chi connectivity index (χ0) is 16.1. The number of anilines is 1. The van der Waals surface area contributed by atoms with Gasteiger partial charge in [-0.2, -0.15) is 5.10 Å². The third kappa shape index (κ3) is 4.32. The van der Waals surface area contributed by atoms with E-state index in [9.17, 15) is 4.79 Å². The van der Waals surface area contributed by atoms with Gasteiger partial charge < -0.3 is 9.73 Å². The first-order valence-electron chi connectivity index (χ1n) is 7.01. The first-order valence-corrected chi connectivity index (χ1v) is 8.08. The number of nitrogens with one attached hydrogen (secondary N) is 2. The summed E-state index contributed by atoms with van der Waals surface area (Å²) in [6.45, 7) is 0.144. The molecule has 0 saturated heterocycles. The van der Waals surface area contributed by atoms with Crippen LogP contribution >= 0.6 is 22.6 Å². The molecule has 0 aliphatic rings. The van der Waals surface area contributed by atoms with Crippen molar-refractivity contribution in [2.24, 2.45) is 5.10 Å². The topological polar surface area (TPSA) is 66.6 Å². The van der Waals surface area contributed by atoms with Gasteiger partial charge in [-0.05, 0) is 57.6 Å². The summed E-state index contributed by atoms with van der Waals surface area (Å²) in [4.78, 5) is 11.8. The lowest BCUT2D eigenvalue weighted by atomic mass is 10.1. The van der Waals surface area contributed by atoms with E-state index < -0.39 is 0 Å². The maximum atomic E-state index is 11.8. The summed E-state index contributed by atoms with van der Waals surface area (Å²) in [7, 11) is 0. The van der Waals surface area contributed by atoms with Crippen molar-refractivity contribution in [3.05, 3.63) is 64.1 Å². The number of nitrogens with zero attached hydrogens (tertiary/aromatic N) is 1. The van der Waals surface area contributed by atoms with Gasteiger partial charge in [0.1, 0.15) is 5.76 Å². The molecule has 1 aromatic heterocycles. The number of carbonyl (C=O) groups excluding carboxylic acids is 1. The van der Waals surface area contributed by atoms with Crippen LogP contribution in [-0.2, 0) is 4.79 Å². The van der Waals surface area contributed by atoms with Gasteiger partial charge in [0.25, 0.3) is 5.91 Å². The number of hydrazone groups is 1. The van der Waals surface area contributed by atoms with Gasteiger partial charge in [0.2, 0.25) is 0 Å². The second-order valence-corrected chi connectivity index (χ2v) is 5.91. The van der Waals surface area contributed by atoms with Crippen LogP contribution in [0, 0.1) is 3.77 Å². The fourth-order valence-corrected chi connectivity index (χ4v) is 2.52. The van der Waals surface area contributed by atoms with Crippen molar-refractivity contribution in [2.75, 3.05) is 11.9 Å². The molecule has 6 heteroatoms. The first-order chi connectivity index (χ1) is 11.2. The highest BCUT2D eigenvalue weighted by atomic mass is 127. The predicted octanol–water partition coefficient (Wildman–Crippen LogP) is 3.60. The van der Waals surface area contributed by atoms with Gasteiger partial charge in [-0.3, -0.25) is 4.79 Å². The summed E-state index contributed by atoms with van der Waals surface area (Å²) < 4.78 is 6.08. The second-order valence-electron chi connectivity index (χ2n) is 4.85. The van der Waals surface area contributed by atoms with E-state index >= 15 is 0 Å². The fourth-order valence-electron chi connectivity index (χ4n) is 2.09. The van der Waals surface area contributed by atoms with Crippen LogP contribution in [0.15, 0.2) is 64.1 Å². The summed E-state index contributed by atoms with van der Waals surface area (Å²) in [5.41, 5.74) is 3.35. The van der Waals surface area contributed by atoms with Gasteiger partial charge in [0.05, 0.1) is 12.8 Å². The van der Waals surface area contributed by atoms with Crippen LogP contribution in [-0.4, -0.2) is 18.7 Å². The molecule has 0 atom stereocenters. The molecule has 0 aliphatic heterocycles.